The number of carbonyl (C=O) groups excluding carboxylic acids is 2. The van der Waals surface area contributed by atoms with E-state index in [4.69, 9.17) is 28.2 Å². The summed E-state index contributed by atoms with van der Waals surface area (Å²) >= 11 is 11.0. The average molecular weight is 332 g/mol. The van der Waals surface area contributed by atoms with Crippen molar-refractivity contribution in [1.29, 1.82) is 0 Å². The lowest BCUT2D eigenvalue weighted by Crippen LogP contribution is -2.45. The molecule has 0 saturated carbocycles. The van der Waals surface area contributed by atoms with Gasteiger partial charge < -0.3 is 9.73 Å². The number of piperidine rings is 1. The summed E-state index contributed by atoms with van der Waals surface area (Å²) in [5.41, 5.74) is 0.702. The minimum Gasteiger partial charge on any atom is -0.465 e. The molecule has 4 nitrogen and oxygen atoms in total. The van der Waals surface area contributed by atoms with Gasteiger partial charge in [0.15, 0.2) is 5.78 Å². The van der Waals surface area contributed by atoms with Crippen molar-refractivity contribution in [3.05, 3.63) is 64.6 Å². The van der Waals surface area contributed by atoms with Crippen molar-refractivity contribution < 1.29 is 14.0 Å². The van der Waals surface area contributed by atoms with Crippen LogP contribution < -0.4 is 5.32 Å². The van der Waals surface area contributed by atoms with Crippen LogP contribution in [0.5, 0.6) is 0 Å². The highest BCUT2D eigenvalue weighted by molar-refractivity contribution is 7.80. The van der Waals surface area contributed by atoms with Gasteiger partial charge in [0.25, 0.3) is 5.91 Å². The molecule has 1 N–H and O–H groups in total. The molecule has 110 valence electrons. The lowest BCUT2D eigenvalue weighted by molar-refractivity contribution is -0.122. The summed E-state index contributed by atoms with van der Waals surface area (Å²) in [7, 11) is 0. The molecule has 6 heteroatoms. The molecule has 1 aromatic heterocycles. The number of halogens is 1. The van der Waals surface area contributed by atoms with Gasteiger partial charge in [0.05, 0.1) is 22.7 Å². The van der Waals surface area contributed by atoms with Gasteiger partial charge in [-0.25, -0.2) is 0 Å². The summed E-state index contributed by atoms with van der Waals surface area (Å²) in [6, 6.07) is 10.1. The molecule has 1 atom stereocenters. The monoisotopic (exact) mass is 331 g/mol. The second-order valence-corrected chi connectivity index (χ2v) is 5.62. The zero-order valence-electron chi connectivity index (χ0n) is 11.2. The maximum absolute atomic E-state index is 12.7. The molecule has 0 radical (unpaired) electrons. The molecule has 0 spiro atoms. The Kier molecular flexibility index (Phi) is 3.92. The molecule has 0 aliphatic carbocycles. The number of hydrogen-bond donors (Lipinski definition) is 1. The van der Waals surface area contributed by atoms with E-state index in [1.165, 1.54) is 12.3 Å². The number of nitrogens with one attached hydrogen (secondary N) is 1. The van der Waals surface area contributed by atoms with E-state index in [0.29, 0.717) is 16.3 Å². The number of amides is 1. The van der Waals surface area contributed by atoms with E-state index in [1.807, 2.05) is 0 Å². The Bertz CT molecular complexity index is 778. The van der Waals surface area contributed by atoms with Crippen molar-refractivity contribution in [2.45, 2.75) is 5.92 Å². The maximum Gasteiger partial charge on any atom is 0.259 e. The number of Topliss-reactive ketones (excluding diaryl/α,β-unsaturated/α-hetero) is 1. The first-order chi connectivity index (χ1) is 10.6. The standard InChI is InChI=1S/C16H10ClNO3S/c17-10-5-3-9(4-6-10)13-14(19)12(15(20)18-16(13)22)8-11-2-1-7-21-11/h1-8,13H,(H,18,20,22)/b12-8+. The first-order valence-electron chi connectivity index (χ1n) is 6.46. The van der Waals surface area contributed by atoms with Crippen molar-refractivity contribution in [1.82, 2.24) is 5.32 Å². The first kappa shape index (κ1) is 14.7. The van der Waals surface area contributed by atoms with E-state index in [0.717, 1.165) is 0 Å². The Morgan fingerprint density at radius 3 is 2.55 bits per heavy atom. The van der Waals surface area contributed by atoms with Crippen molar-refractivity contribution in [3.63, 3.8) is 0 Å². The second-order valence-electron chi connectivity index (χ2n) is 4.74. The molecule has 1 aliphatic heterocycles. The van der Waals surface area contributed by atoms with Gasteiger partial charge in [0, 0.05) is 5.02 Å². The summed E-state index contributed by atoms with van der Waals surface area (Å²) in [6.07, 6.45) is 2.89. The van der Waals surface area contributed by atoms with Crippen LogP contribution in [0.4, 0.5) is 0 Å². The Morgan fingerprint density at radius 2 is 1.91 bits per heavy atom. The number of thiocarbonyl (C=S) groups is 1. The molecule has 0 bridgehead atoms. The molecule has 22 heavy (non-hydrogen) atoms. The van der Waals surface area contributed by atoms with Crippen LogP contribution in [0.1, 0.15) is 17.2 Å². The lowest BCUT2D eigenvalue weighted by Gasteiger charge is -2.24. The molecule has 1 aliphatic rings. The molecule has 1 saturated heterocycles. The Balaban J connectivity index is 2.01. The average Bonchev–Trinajstić information content (AvgIpc) is 2.98. The molecule has 1 amide bonds. The minimum atomic E-state index is -0.703. The Labute approximate surface area is 136 Å². The number of furan rings is 1. The van der Waals surface area contributed by atoms with Crippen molar-refractivity contribution in [2.24, 2.45) is 0 Å². The van der Waals surface area contributed by atoms with Crippen LogP contribution in [-0.4, -0.2) is 16.7 Å². The third-order valence-electron chi connectivity index (χ3n) is 3.30. The number of ketones is 1. The number of benzene rings is 1. The highest BCUT2D eigenvalue weighted by Gasteiger charge is 2.37. The quantitative estimate of drug-likeness (QED) is 0.522. The van der Waals surface area contributed by atoms with Gasteiger partial charge >= 0.3 is 0 Å². The normalized spacial score (nSPS) is 20.3. The molecule has 1 unspecified atom stereocenters. The zero-order chi connectivity index (χ0) is 15.7. The van der Waals surface area contributed by atoms with Crippen LogP contribution in [0.3, 0.4) is 0 Å². The van der Waals surface area contributed by atoms with E-state index >= 15 is 0 Å². The van der Waals surface area contributed by atoms with Crippen LogP contribution in [0.15, 0.2) is 52.7 Å². The number of rotatable bonds is 2. The summed E-state index contributed by atoms with van der Waals surface area (Å²) in [4.78, 5) is 24.9. The van der Waals surface area contributed by atoms with E-state index in [2.05, 4.69) is 5.32 Å². The van der Waals surface area contributed by atoms with Gasteiger partial charge in [-0.15, -0.1) is 0 Å². The smallest absolute Gasteiger partial charge is 0.259 e. The number of carbonyl (C=O) groups is 2. The van der Waals surface area contributed by atoms with Crippen LogP contribution in [0, 0.1) is 0 Å². The highest BCUT2D eigenvalue weighted by Crippen LogP contribution is 2.27. The molecular formula is C16H10ClNO3S. The fourth-order valence-electron chi connectivity index (χ4n) is 2.25. The highest BCUT2D eigenvalue weighted by atomic mass is 35.5. The van der Waals surface area contributed by atoms with E-state index in [-0.39, 0.29) is 16.3 Å². The molecular weight excluding hydrogens is 322 g/mol. The fraction of sp³-hybridized carbons (Fsp3) is 0.0625. The van der Waals surface area contributed by atoms with Gasteiger partial charge in [-0.05, 0) is 35.9 Å². The molecule has 2 heterocycles. The van der Waals surface area contributed by atoms with Crippen molar-refractivity contribution in [3.8, 4) is 0 Å². The first-order valence-corrected chi connectivity index (χ1v) is 7.25. The van der Waals surface area contributed by atoms with Gasteiger partial charge in [0.2, 0.25) is 0 Å². The Hall–Kier alpha value is -2.24. The summed E-state index contributed by atoms with van der Waals surface area (Å²) in [5, 5.41) is 3.13. The van der Waals surface area contributed by atoms with E-state index in [1.54, 1.807) is 36.4 Å². The fourth-order valence-corrected chi connectivity index (χ4v) is 2.71. The predicted octanol–water partition coefficient (Wildman–Crippen LogP) is 3.13. The van der Waals surface area contributed by atoms with E-state index < -0.39 is 11.8 Å². The molecule has 1 aromatic carbocycles. The third kappa shape index (κ3) is 2.73. The van der Waals surface area contributed by atoms with Gasteiger partial charge in [-0.2, -0.15) is 0 Å². The van der Waals surface area contributed by atoms with Crippen molar-refractivity contribution >= 4 is 46.6 Å². The van der Waals surface area contributed by atoms with E-state index in [9.17, 15) is 9.59 Å². The summed E-state index contributed by atoms with van der Waals surface area (Å²) in [6.45, 7) is 0. The van der Waals surface area contributed by atoms with Crippen LogP contribution >= 0.6 is 23.8 Å². The van der Waals surface area contributed by atoms with Gasteiger partial charge in [-0.3, -0.25) is 9.59 Å². The number of hydrogen-bond acceptors (Lipinski definition) is 4. The van der Waals surface area contributed by atoms with Crippen LogP contribution in [0.25, 0.3) is 6.08 Å². The van der Waals surface area contributed by atoms with Gasteiger partial charge in [0.1, 0.15) is 5.76 Å². The zero-order valence-corrected chi connectivity index (χ0v) is 12.8. The third-order valence-corrected chi connectivity index (χ3v) is 3.89. The second kappa shape index (κ2) is 5.87. The lowest BCUT2D eigenvalue weighted by atomic mass is 9.86. The predicted molar refractivity (Wildman–Crippen MR) is 86.6 cm³/mol. The van der Waals surface area contributed by atoms with Crippen molar-refractivity contribution in [2.75, 3.05) is 0 Å². The largest absolute Gasteiger partial charge is 0.465 e. The summed E-state index contributed by atoms with van der Waals surface area (Å²) in [5.74, 6) is -1.14. The topological polar surface area (TPSA) is 59.3 Å². The minimum absolute atomic E-state index is 0.0171. The maximum atomic E-state index is 12.7. The Morgan fingerprint density at radius 1 is 1.18 bits per heavy atom. The van der Waals surface area contributed by atoms with Crippen LogP contribution in [-0.2, 0) is 9.59 Å². The SMILES string of the molecule is O=C1NC(=S)C(c2ccc(Cl)cc2)C(=O)/C1=C\c1ccco1. The molecule has 2 aromatic rings. The summed E-state index contributed by atoms with van der Waals surface area (Å²) < 4.78 is 5.16. The van der Waals surface area contributed by atoms with Gasteiger partial charge in [-0.1, -0.05) is 36.0 Å². The van der Waals surface area contributed by atoms with Crippen LogP contribution in [0.2, 0.25) is 5.02 Å². The molecule has 3 rings (SSSR count). The molecule has 1 fully saturated rings.